The first-order valence-corrected chi connectivity index (χ1v) is 12.7. The molecule has 2 N–H and O–H groups in total. The Morgan fingerprint density at radius 2 is 1.88 bits per heavy atom. The number of hydrogen-bond donors (Lipinski definition) is 2. The van der Waals surface area contributed by atoms with Gasteiger partial charge in [0.15, 0.2) is 0 Å². The van der Waals surface area contributed by atoms with Crippen molar-refractivity contribution < 1.29 is 28.9 Å². The fraction of sp³-hybridized carbons (Fsp3) is 0.704. The number of aliphatic hydroxyl groups is 1. The Bertz CT molecular complexity index is 789. The molecule has 1 aliphatic carbocycles. The molecule has 0 radical (unpaired) electrons. The highest BCUT2D eigenvalue weighted by atomic mass is 16.6. The van der Waals surface area contributed by atoms with Gasteiger partial charge in [0.05, 0.1) is 19.1 Å². The van der Waals surface area contributed by atoms with Crippen molar-refractivity contribution in [3.8, 4) is 0 Å². The van der Waals surface area contributed by atoms with E-state index in [1.54, 1.807) is 26.8 Å². The van der Waals surface area contributed by atoms with Gasteiger partial charge in [0.1, 0.15) is 23.9 Å². The average molecular weight is 476 g/mol. The third kappa shape index (κ3) is 7.79. The number of esters is 1. The van der Waals surface area contributed by atoms with Gasteiger partial charge in [0, 0.05) is 18.5 Å². The highest BCUT2D eigenvalue weighted by Crippen LogP contribution is 2.40. The van der Waals surface area contributed by atoms with Crippen LogP contribution in [0.25, 0.3) is 0 Å². The van der Waals surface area contributed by atoms with Crippen LogP contribution in [0.4, 0.5) is 0 Å². The van der Waals surface area contributed by atoms with Crippen molar-refractivity contribution in [3.63, 3.8) is 0 Å². The Labute approximate surface area is 203 Å². The van der Waals surface area contributed by atoms with E-state index < -0.39 is 12.2 Å². The van der Waals surface area contributed by atoms with Crippen molar-refractivity contribution in [1.29, 1.82) is 0 Å². The number of ether oxygens (including phenoxy) is 3. The minimum absolute atomic E-state index is 0.137. The van der Waals surface area contributed by atoms with Crippen molar-refractivity contribution in [2.45, 2.75) is 96.2 Å². The zero-order chi connectivity index (χ0) is 24.7. The van der Waals surface area contributed by atoms with Gasteiger partial charge >= 0.3 is 5.97 Å². The summed E-state index contributed by atoms with van der Waals surface area (Å²) in [6, 6.07) is 0.189. The quantitative estimate of drug-likeness (QED) is 0.229. The number of epoxide rings is 1. The largest absolute Gasteiger partial charge is 0.458 e. The molecule has 1 saturated carbocycles. The predicted octanol–water partition coefficient (Wildman–Crippen LogP) is 3.62. The van der Waals surface area contributed by atoms with Crippen LogP contribution in [-0.4, -0.2) is 60.2 Å². The van der Waals surface area contributed by atoms with Gasteiger partial charge in [0.2, 0.25) is 5.91 Å². The van der Waals surface area contributed by atoms with Crippen LogP contribution in [0, 0.1) is 11.8 Å². The molecule has 3 fully saturated rings. The topological polar surface area (TPSA) is 97.4 Å². The van der Waals surface area contributed by atoms with Gasteiger partial charge in [-0.3, -0.25) is 9.59 Å². The molecule has 0 aromatic heterocycles. The number of aliphatic hydroxyl groups excluding tert-OH is 1. The molecule has 1 spiro atoms. The second-order valence-electron chi connectivity index (χ2n) is 10.3. The molecule has 1 amide bonds. The van der Waals surface area contributed by atoms with Crippen LogP contribution in [0.2, 0.25) is 0 Å². The lowest BCUT2D eigenvalue weighted by atomic mass is 9.83. The van der Waals surface area contributed by atoms with Crippen molar-refractivity contribution in [2.75, 3.05) is 13.2 Å². The van der Waals surface area contributed by atoms with E-state index >= 15 is 0 Å². The zero-order valence-electron chi connectivity index (χ0n) is 21.0. The van der Waals surface area contributed by atoms with Gasteiger partial charge in [0.25, 0.3) is 0 Å². The maximum atomic E-state index is 12.2. The Hall–Kier alpha value is -1.96. The number of amides is 1. The van der Waals surface area contributed by atoms with Crippen LogP contribution in [0.15, 0.2) is 36.0 Å². The molecule has 0 aromatic carbocycles. The summed E-state index contributed by atoms with van der Waals surface area (Å²) in [6.45, 7) is 8.64. The van der Waals surface area contributed by atoms with Crippen LogP contribution < -0.4 is 5.32 Å². The first-order chi connectivity index (χ1) is 16.2. The number of carbonyl (C=O) groups excluding carboxylic acids is 2. The highest BCUT2D eigenvalue weighted by Gasteiger charge is 2.55. The van der Waals surface area contributed by atoms with E-state index in [0.29, 0.717) is 19.1 Å². The minimum atomic E-state index is -0.594. The van der Waals surface area contributed by atoms with E-state index in [9.17, 15) is 14.7 Å². The third-order valence-electron chi connectivity index (χ3n) is 7.01. The van der Waals surface area contributed by atoms with E-state index in [2.05, 4.69) is 18.3 Å². The van der Waals surface area contributed by atoms with Crippen molar-refractivity contribution in [2.24, 2.45) is 11.8 Å². The Morgan fingerprint density at radius 1 is 1.18 bits per heavy atom. The van der Waals surface area contributed by atoms with Crippen LogP contribution in [0.3, 0.4) is 0 Å². The molecule has 0 bridgehead atoms. The minimum Gasteiger partial charge on any atom is -0.458 e. The van der Waals surface area contributed by atoms with Gasteiger partial charge in [-0.1, -0.05) is 37.6 Å². The van der Waals surface area contributed by atoms with Crippen LogP contribution in [0.5, 0.6) is 0 Å². The Balaban J connectivity index is 1.34. The molecular weight excluding hydrogens is 434 g/mol. The molecular formula is C27H41NO6. The lowest BCUT2D eigenvalue weighted by Crippen LogP contribution is -2.46. The zero-order valence-corrected chi connectivity index (χ0v) is 21.0. The molecule has 2 heterocycles. The predicted molar refractivity (Wildman–Crippen MR) is 130 cm³/mol. The van der Waals surface area contributed by atoms with Crippen molar-refractivity contribution in [1.82, 2.24) is 5.32 Å². The number of carbonyl (C=O) groups is 2. The average Bonchev–Trinajstić information content (AvgIpc) is 3.58. The second kappa shape index (κ2) is 12.1. The summed E-state index contributed by atoms with van der Waals surface area (Å²) in [5, 5.41) is 13.5. The van der Waals surface area contributed by atoms with Gasteiger partial charge in [-0.05, 0) is 57.9 Å². The maximum absolute atomic E-state index is 12.2. The molecule has 7 nitrogen and oxygen atoms in total. The van der Waals surface area contributed by atoms with Gasteiger partial charge in [-0.2, -0.15) is 0 Å². The summed E-state index contributed by atoms with van der Waals surface area (Å²) < 4.78 is 16.4. The first kappa shape index (κ1) is 26.6. The molecule has 3 rings (SSSR count). The van der Waals surface area contributed by atoms with Crippen LogP contribution in [0.1, 0.15) is 66.2 Å². The summed E-state index contributed by atoms with van der Waals surface area (Å²) >= 11 is 0. The summed E-state index contributed by atoms with van der Waals surface area (Å²) in [7, 11) is 0. The number of nitrogens with one attached hydrogen (secondary N) is 1. The van der Waals surface area contributed by atoms with E-state index in [1.807, 2.05) is 12.2 Å². The van der Waals surface area contributed by atoms with Crippen molar-refractivity contribution >= 4 is 11.9 Å². The monoisotopic (exact) mass is 475 g/mol. The fourth-order valence-electron chi connectivity index (χ4n) is 4.52. The van der Waals surface area contributed by atoms with E-state index in [1.165, 1.54) is 11.6 Å². The SMILES string of the molecule is CC(/C=C/[C@H]1OCC[C@@]2(CO2)[C@@H]1O)=C\C[C@H]1CC[C@H](NC(=O)/C=C\[C@H](C)OC(=O)C(C)C)CC1. The number of rotatable bonds is 9. The summed E-state index contributed by atoms with van der Waals surface area (Å²) in [6.07, 6.45) is 13.9. The molecule has 34 heavy (non-hydrogen) atoms. The standard InChI is InChI=1S/C27H41NO6/c1-18(2)26(31)34-20(4)7-14-24(29)28-22-11-9-21(10-12-22)8-5-19(3)6-13-23-25(30)27(17-33-27)15-16-32-23/h5-7,13-14,18,20-23,25,30H,8-12,15-17H2,1-4H3,(H,28,29)/b13-6+,14-7-,19-5+/t20-,21-,22-,23+,25+,27+/m0/s1. The summed E-state index contributed by atoms with van der Waals surface area (Å²) in [5.74, 6) is 0.0273. The summed E-state index contributed by atoms with van der Waals surface area (Å²) in [5.41, 5.74) is 0.799. The van der Waals surface area contributed by atoms with Gasteiger partial charge in [-0.25, -0.2) is 0 Å². The molecule has 7 heteroatoms. The molecule has 4 atom stereocenters. The smallest absolute Gasteiger partial charge is 0.308 e. The Morgan fingerprint density at radius 3 is 2.53 bits per heavy atom. The van der Waals surface area contributed by atoms with E-state index in [4.69, 9.17) is 14.2 Å². The first-order valence-electron chi connectivity index (χ1n) is 12.7. The lowest BCUT2D eigenvalue weighted by molar-refractivity contribution is -0.149. The maximum Gasteiger partial charge on any atom is 0.308 e. The van der Waals surface area contributed by atoms with Gasteiger partial charge in [-0.15, -0.1) is 0 Å². The molecule has 2 saturated heterocycles. The number of allylic oxidation sites excluding steroid dienone is 3. The van der Waals surface area contributed by atoms with Crippen LogP contribution in [-0.2, 0) is 23.8 Å². The van der Waals surface area contributed by atoms with Crippen molar-refractivity contribution in [3.05, 3.63) is 36.0 Å². The molecule has 190 valence electrons. The van der Waals surface area contributed by atoms with E-state index in [0.717, 1.165) is 38.5 Å². The summed E-state index contributed by atoms with van der Waals surface area (Å²) in [4.78, 5) is 23.8. The third-order valence-corrected chi connectivity index (χ3v) is 7.01. The molecule has 2 aliphatic heterocycles. The van der Waals surface area contributed by atoms with Gasteiger partial charge < -0.3 is 24.6 Å². The fourth-order valence-corrected chi connectivity index (χ4v) is 4.52. The molecule has 3 aliphatic rings. The number of hydrogen-bond acceptors (Lipinski definition) is 6. The highest BCUT2D eigenvalue weighted by molar-refractivity contribution is 5.87. The lowest BCUT2D eigenvalue weighted by Gasteiger charge is -2.31. The second-order valence-corrected chi connectivity index (χ2v) is 10.3. The van der Waals surface area contributed by atoms with Crippen LogP contribution >= 0.6 is 0 Å². The molecule has 0 unspecified atom stereocenters. The normalized spacial score (nSPS) is 32.9. The Kier molecular flexibility index (Phi) is 9.51. The molecule has 0 aromatic rings. The van der Waals surface area contributed by atoms with E-state index in [-0.39, 0.29) is 35.5 Å².